The molecule has 0 fully saturated rings. The van der Waals surface area contributed by atoms with Crippen LogP contribution in [0.25, 0.3) is 10.8 Å². The molecule has 0 aliphatic rings. The van der Waals surface area contributed by atoms with Crippen LogP contribution in [-0.4, -0.2) is 0 Å². The average molecular weight is 242 g/mol. The van der Waals surface area contributed by atoms with Crippen LogP contribution < -0.4 is 12.4 Å². The van der Waals surface area contributed by atoms with Crippen LogP contribution in [0.1, 0.15) is 0 Å². The monoisotopic (exact) mass is 240 g/mol. The summed E-state index contributed by atoms with van der Waals surface area (Å²) >= 11 is 0. The first-order valence-corrected chi connectivity index (χ1v) is 3.07. The fourth-order valence-corrected chi connectivity index (χ4v) is 1.07. The van der Waals surface area contributed by atoms with E-state index in [0.717, 1.165) is 0 Å². The zero-order valence-electron chi connectivity index (χ0n) is 5.92. The van der Waals surface area contributed by atoms with Crippen molar-refractivity contribution in [3.63, 3.8) is 0 Å². The van der Waals surface area contributed by atoms with Gasteiger partial charge in [0.2, 0.25) is 0 Å². The Labute approximate surface area is 91.5 Å². The third-order valence-corrected chi connectivity index (χ3v) is 1.55. The van der Waals surface area contributed by atoms with Gasteiger partial charge in [0.15, 0.2) is 0 Å². The van der Waals surface area contributed by atoms with Crippen molar-refractivity contribution in [1.29, 1.82) is 0 Å². The standard InChI is InChI=1S/C9H7.ClH.Zr/c1-2-5-9-7-3-6-8(9)4-1;;/h1-7H;1H;/q-1;;+2/p-1. The van der Waals surface area contributed by atoms with Crippen molar-refractivity contribution in [2.45, 2.75) is 0 Å². The first kappa shape index (κ1) is 11.0. The number of rotatable bonds is 0. The molecule has 2 aromatic rings. The van der Waals surface area contributed by atoms with Crippen molar-refractivity contribution < 1.29 is 38.6 Å². The predicted octanol–water partition coefficient (Wildman–Crippen LogP) is -0.440. The fraction of sp³-hybridized carbons (Fsp3) is 0. The van der Waals surface area contributed by atoms with E-state index in [1.54, 1.807) is 0 Å². The van der Waals surface area contributed by atoms with Crippen LogP contribution in [0.2, 0.25) is 0 Å². The molecule has 11 heavy (non-hydrogen) atoms. The van der Waals surface area contributed by atoms with Crippen molar-refractivity contribution in [2.24, 2.45) is 0 Å². The minimum atomic E-state index is 0. The first-order chi connectivity index (χ1) is 4.47. The summed E-state index contributed by atoms with van der Waals surface area (Å²) < 4.78 is 0. The van der Waals surface area contributed by atoms with Gasteiger partial charge in [0.1, 0.15) is 0 Å². The van der Waals surface area contributed by atoms with E-state index >= 15 is 0 Å². The van der Waals surface area contributed by atoms with E-state index in [9.17, 15) is 0 Å². The van der Waals surface area contributed by atoms with Gasteiger partial charge < -0.3 is 12.4 Å². The molecule has 0 unspecified atom stereocenters. The Morgan fingerprint density at radius 1 is 1.00 bits per heavy atom. The molecule has 0 atom stereocenters. The summed E-state index contributed by atoms with van der Waals surface area (Å²) in [6.45, 7) is 0. The number of hydrogen-bond donors (Lipinski definition) is 0. The van der Waals surface area contributed by atoms with Crippen molar-refractivity contribution in [3.05, 3.63) is 42.5 Å². The normalized spacial score (nSPS) is 8.36. The van der Waals surface area contributed by atoms with Gasteiger partial charge in [-0.2, -0.15) is 17.5 Å². The largest absolute Gasteiger partial charge is 2.00 e. The second kappa shape index (κ2) is 4.80. The van der Waals surface area contributed by atoms with E-state index in [-0.39, 0.29) is 38.6 Å². The van der Waals surface area contributed by atoms with E-state index in [1.807, 2.05) is 0 Å². The van der Waals surface area contributed by atoms with Gasteiger partial charge in [0.05, 0.1) is 0 Å². The van der Waals surface area contributed by atoms with Crippen LogP contribution in [0.5, 0.6) is 0 Å². The Kier molecular flexibility index (Phi) is 4.80. The number of hydrogen-bond acceptors (Lipinski definition) is 0. The van der Waals surface area contributed by atoms with Crippen molar-refractivity contribution in [3.8, 4) is 0 Å². The van der Waals surface area contributed by atoms with Crippen molar-refractivity contribution in [1.82, 2.24) is 0 Å². The van der Waals surface area contributed by atoms with Gasteiger partial charge in [-0.3, -0.25) is 0 Å². The number of halogens is 1. The molecular formula is C9H7ClZr. The van der Waals surface area contributed by atoms with Gasteiger partial charge >= 0.3 is 26.2 Å². The minimum Gasteiger partial charge on any atom is -1.00 e. The molecule has 0 aliphatic carbocycles. The summed E-state index contributed by atoms with van der Waals surface area (Å²) in [7, 11) is 0. The van der Waals surface area contributed by atoms with Crippen LogP contribution in [0.3, 0.4) is 0 Å². The van der Waals surface area contributed by atoms with Gasteiger partial charge in [-0.1, -0.05) is 6.07 Å². The second-order valence-electron chi connectivity index (χ2n) is 2.15. The third-order valence-electron chi connectivity index (χ3n) is 1.55. The molecular weight excluding hydrogens is 235 g/mol. The zero-order chi connectivity index (χ0) is 6.10. The number of fused-ring (bicyclic) bond motifs is 1. The molecule has 2 heteroatoms. The summed E-state index contributed by atoms with van der Waals surface area (Å²) in [6.07, 6.45) is 0. The Balaban J connectivity index is 0.000000500. The summed E-state index contributed by atoms with van der Waals surface area (Å²) in [5.41, 5.74) is 0. The van der Waals surface area contributed by atoms with Gasteiger partial charge in [-0.25, -0.2) is 0 Å². The molecule has 0 N–H and O–H groups in total. The third kappa shape index (κ3) is 2.22. The Bertz CT molecular complexity index is 284. The molecule has 0 nitrogen and oxygen atoms in total. The molecule has 0 saturated heterocycles. The first-order valence-electron chi connectivity index (χ1n) is 3.07. The van der Waals surface area contributed by atoms with E-state index in [1.165, 1.54) is 10.8 Å². The van der Waals surface area contributed by atoms with Crippen LogP contribution in [-0.2, 0) is 26.2 Å². The van der Waals surface area contributed by atoms with E-state index in [4.69, 9.17) is 0 Å². The van der Waals surface area contributed by atoms with Crippen LogP contribution in [0.15, 0.2) is 42.5 Å². The molecule has 0 heterocycles. The molecule has 0 spiro atoms. The zero-order valence-corrected chi connectivity index (χ0v) is 9.13. The maximum atomic E-state index is 2.12. The van der Waals surface area contributed by atoms with Gasteiger partial charge in [0, 0.05) is 0 Å². The molecule has 2 rings (SSSR count). The summed E-state index contributed by atoms with van der Waals surface area (Å²) in [4.78, 5) is 0. The van der Waals surface area contributed by atoms with Crippen molar-refractivity contribution in [2.75, 3.05) is 0 Å². The summed E-state index contributed by atoms with van der Waals surface area (Å²) in [5.74, 6) is 0. The molecule has 0 radical (unpaired) electrons. The number of benzene rings is 1. The predicted molar refractivity (Wildman–Crippen MR) is 39.5 cm³/mol. The molecule has 0 aromatic heterocycles. The molecule has 0 aliphatic heterocycles. The van der Waals surface area contributed by atoms with E-state index < -0.39 is 0 Å². The van der Waals surface area contributed by atoms with Crippen LogP contribution >= 0.6 is 0 Å². The van der Waals surface area contributed by atoms with Gasteiger partial charge in [-0.15, -0.1) is 29.7 Å². The minimum absolute atomic E-state index is 0. The van der Waals surface area contributed by atoms with Crippen molar-refractivity contribution >= 4 is 10.8 Å². The summed E-state index contributed by atoms with van der Waals surface area (Å²) in [6, 6.07) is 14.7. The van der Waals surface area contributed by atoms with Gasteiger partial charge in [-0.05, 0) is 0 Å². The van der Waals surface area contributed by atoms with E-state index in [2.05, 4.69) is 42.5 Å². The topological polar surface area (TPSA) is 0 Å². The Hall–Kier alpha value is 0.00312. The Morgan fingerprint density at radius 2 is 1.73 bits per heavy atom. The van der Waals surface area contributed by atoms with Crippen LogP contribution in [0.4, 0.5) is 0 Å². The maximum Gasteiger partial charge on any atom is 2.00 e. The quantitative estimate of drug-likeness (QED) is 0.549. The Morgan fingerprint density at radius 3 is 2.45 bits per heavy atom. The maximum absolute atomic E-state index is 2.12. The van der Waals surface area contributed by atoms with Gasteiger partial charge in [0.25, 0.3) is 0 Å². The molecule has 0 bridgehead atoms. The fourth-order valence-electron chi connectivity index (χ4n) is 1.07. The van der Waals surface area contributed by atoms with Crippen LogP contribution in [0, 0.1) is 0 Å². The molecule has 0 saturated carbocycles. The molecule has 2 aromatic carbocycles. The molecule has 0 amide bonds. The summed E-state index contributed by atoms with van der Waals surface area (Å²) in [5, 5.41) is 2.66. The molecule has 54 valence electrons. The van der Waals surface area contributed by atoms with E-state index in [0.29, 0.717) is 0 Å². The average Bonchev–Trinajstić information content (AvgIpc) is 2.33. The second-order valence-corrected chi connectivity index (χ2v) is 2.15. The SMILES string of the molecule is [Cl-].[Zr+2].c1ccc2[cH-]ccc2c1. The smallest absolute Gasteiger partial charge is 1.00 e.